The molecule has 0 atom stereocenters. The quantitative estimate of drug-likeness (QED) is 0.203. The van der Waals surface area contributed by atoms with E-state index in [1.54, 1.807) is 12.2 Å². The summed E-state index contributed by atoms with van der Waals surface area (Å²) in [6.45, 7) is 7.31. The summed E-state index contributed by atoms with van der Waals surface area (Å²) in [4.78, 5) is 28.4. The summed E-state index contributed by atoms with van der Waals surface area (Å²) in [6.07, 6.45) is 3.16. The Labute approximate surface area is 158 Å². The van der Waals surface area contributed by atoms with E-state index >= 15 is 0 Å². The van der Waals surface area contributed by atoms with E-state index in [-0.39, 0.29) is 30.7 Å². The average Bonchev–Trinajstić information content (AvgIpc) is 2.51. The molecule has 26 heavy (non-hydrogen) atoms. The van der Waals surface area contributed by atoms with Crippen molar-refractivity contribution in [3.8, 4) is 0 Å². The fourth-order valence-corrected chi connectivity index (χ4v) is 1.64. The minimum absolute atomic E-state index is 0. The molecule has 0 saturated heterocycles. The number of benzene rings is 1. The Bertz CT molecular complexity index is 507. The Balaban J connectivity index is -0.000000117. The summed E-state index contributed by atoms with van der Waals surface area (Å²) < 4.78 is 0. The van der Waals surface area contributed by atoms with Gasteiger partial charge in [0.2, 0.25) is 12.2 Å². The minimum atomic E-state index is -0.640. The van der Waals surface area contributed by atoms with Gasteiger partial charge in [-0.15, -0.1) is 0 Å². The third-order valence-corrected chi connectivity index (χ3v) is 2.93. The number of hydrogen-bond acceptors (Lipinski definition) is 8. The molecule has 0 spiro atoms. The predicted octanol–water partition coefficient (Wildman–Crippen LogP) is 4.39. The van der Waals surface area contributed by atoms with Gasteiger partial charge >= 0.3 is 0 Å². The summed E-state index contributed by atoms with van der Waals surface area (Å²) in [5.74, 6) is 0. The van der Waals surface area contributed by atoms with Gasteiger partial charge in [-0.3, -0.25) is 21.0 Å². The maximum Gasteiger partial charge on any atom is 0.235 e. The molecule has 0 aliphatic rings. The first kappa shape index (κ1) is 39.1. The van der Waals surface area contributed by atoms with Crippen LogP contribution in [0.1, 0.15) is 61.1 Å². The standard InChI is InChI=1S/C14H16N2O2.3CH4.B.2H2O2/c1-13(2,15-9-17)11-6-5-7-12(8-11)14(3,4)16-10-18;;;;;2*1-2/h5-8H,1-4H3;3*1H4;;2*1-2H. The van der Waals surface area contributed by atoms with Crippen LogP contribution < -0.4 is 0 Å². The second-order valence-corrected chi connectivity index (χ2v) is 5.11. The van der Waals surface area contributed by atoms with Gasteiger partial charge in [0.1, 0.15) is 0 Å². The molecule has 9 heteroatoms. The van der Waals surface area contributed by atoms with E-state index in [0.717, 1.165) is 11.1 Å². The van der Waals surface area contributed by atoms with Crippen LogP contribution in [0.25, 0.3) is 0 Å². The van der Waals surface area contributed by atoms with Gasteiger partial charge in [-0.2, -0.15) is 9.98 Å². The molecule has 0 aliphatic carbocycles. The predicted molar refractivity (Wildman–Crippen MR) is 105 cm³/mol. The molecule has 0 unspecified atom stereocenters. The van der Waals surface area contributed by atoms with Gasteiger partial charge in [0.25, 0.3) is 0 Å². The lowest BCUT2D eigenvalue weighted by atomic mass is 9.88. The molecule has 0 aliphatic heterocycles. The molecule has 1 aromatic rings. The average molecular weight is 371 g/mol. The lowest BCUT2D eigenvalue weighted by Crippen LogP contribution is -2.18. The normalized spacial score (nSPS) is 8.31. The molecule has 149 valence electrons. The molecule has 8 nitrogen and oxygen atoms in total. The Morgan fingerprint density at radius 3 is 1.27 bits per heavy atom. The Kier molecular flexibility index (Phi) is 28.9. The molecule has 4 N–H and O–H groups in total. The monoisotopic (exact) mass is 371 g/mol. The minimum Gasteiger partial charge on any atom is -0.255 e. The van der Waals surface area contributed by atoms with Crippen molar-refractivity contribution in [1.29, 1.82) is 0 Å². The highest BCUT2D eigenvalue weighted by molar-refractivity contribution is 5.75. The van der Waals surface area contributed by atoms with Crippen LogP contribution in [-0.4, -0.2) is 41.6 Å². The van der Waals surface area contributed by atoms with E-state index in [1.807, 2.05) is 52.0 Å². The molecule has 0 aromatic heterocycles. The largest absolute Gasteiger partial charge is 0.255 e. The summed E-state index contributed by atoms with van der Waals surface area (Å²) >= 11 is 0. The number of aliphatic imine (C=N–C) groups is 2. The molecule has 0 heterocycles. The van der Waals surface area contributed by atoms with Crippen molar-refractivity contribution in [1.82, 2.24) is 0 Å². The van der Waals surface area contributed by atoms with Crippen LogP contribution >= 0.6 is 0 Å². The second-order valence-electron chi connectivity index (χ2n) is 5.11. The number of rotatable bonds is 4. The van der Waals surface area contributed by atoms with Gasteiger partial charge < -0.3 is 0 Å². The number of hydrogen-bond donors (Lipinski definition) is 4. The molecule has 1 aromatic carbocycles. The Hall–Kier alpha value is -2.12. The first-order valence-electron chi connectivity index (χ1n) is 6.02. The topological polar surface area (TPSA) is 140 Å². The second kappa shape index (κ2) is 19.2. The lowest BCUT2D eigenvalue weighted by Gasteiger charge is -2.23. The Morgan fingerprint density at radius 1 is 0.769 bits per heavy atom. The van der Waals surface area contributed by atoms with Crippen molar-refractivity contribution >= 4 is 20.6 Å². The van der Waals surface area contributed by atoms with Crippen molar-refractivity contribution in [2.75, 3.05) is 0 Å². The van der Waals surface area contributed by atoms with Gasteiger partial charge in [0.15, 0.2) is 0 Å². The van der Waals surface area contributed by atoms with E-state index in [0.29, 0.717) is 0 Å². The first-order valence-corrected chi connectivity index (χ1v) is 6.02. The van der Waals surface area contributed by atoms with Crippen LogP contribution in [0, 0.1) is 0 Å². The van der Waals surface area contributed by atoms with Crippen molar-refractivity contribution in [2.45, 2.75) is 61.1 Å². The maximum absolute atomic E-state index is 10.4. The molecule has 0 saturated carbocycles. The summed E-state index contributed by atoms with van der Waals surface area (Å²) in [5, 5.41) is 24.0. The molecule has 0 fully saturated rings. The zero-order valence-corrected chi connectivity index (χ0v) is 13.4. The van der Waals surface area contributed by atoms with E-state index in [2.05, 4.69) is 9.98 Å². The van der Waals surface area contributed by atoms with Gasteiger partial charge in [-0.25, -0.2) is 9.59 Å². The summed E-state index contributed by atoms with van der Waals surface area (Å²) in [5.41, 5.74) is 0.465. The lowest BCUT2D eigenvalue weighted by molar-refractivity contribution is -0.176. The molecular weight excluding hydrogens is 339 g/mol. The van der Waals surface area contributed by atoms with Gasteiger partial charge in [-0.1, -0.05) is 46.5 Å². The summed E-state index contributed by atoms with van der Waals surface area (Å²) in [7, 11) is 0. The number of carbonyl (C=O) groups excluding carboxylic acids is 2. The van der Waals surface area contributed by atoms with Gasteiger partial charge in [0, 0.05) is 8.41 Å². The van der Waals surface area contributed by atoms with Crippen LogP contribution in [-0.2, 0) is 20.7 Å². The van der Waals surface area contributed by atoms with Gasteiger partial charge in [0.05, 0.1) is 11.1 Å². The van der Waals surface area contributed by atoms with Crippen LogP contribution in [0.2, 0.25) is 0 Å². The van der Waals surface area contributed by atoms with Crippen molar-refractivity contribution < 1.29 is 30.6 Å². The van der Waals surface area contributed by atoms with E-state index < -0.39 is 11.1 Å². The zero-order chi connectivity index (χ0) is 17.8. The number of nitrogens with zero attached hydrogens (tertiary/aromatic N) is 2. The van der Waals surface area contributed by atoms with Crippen molar-refractivity contribution in [2.24, 2.45) is 9.98 Å². The highest BCUT2D eigenvalue weighted by Crippen LogP contribution is 2.30. The molecule has 1 rings (SSSR count). The van der Waals surface area contributed by atoms with E-state index in [9.17, 15) is 9.59 Å². The van der Waals surface area contributed by atoms with E-state index in [1.165, 1.54) is 0 Å². The smallest absolute Gasteiger partial charge is 0.235 e. The van der Waals surface area contributed by atoms with Crippen LogP contribution in [0.4, 0.5) is 0 Å². The highest BCUT2D eigenvalue weighted by atomic mass is 17.0. The first-order chi connectivity index (χ1) is 10.3. The fraction of sp³-hybridized carbons (Fsp3) is 0.529. The van der Waals surface area contributed by atoms with Crippen LogP contribution in [0.3, 0.4) is 0 Å². The fourth-order valence-electron chi connectivity index (χ4n) is 1.64. The van der Waals surface area contributed by atoms with Crippen LogP contribution in [0.5, 0.6) is 0 Å². The van der Waals surface area contributed by atoms with Crippen molar-refractivity contribution in [3.05, 3.63) is 35.4 Å². The van der Waals surface area contributed by atoms with Crippen molar-refractivity contribution in [3.63, 3.8) is 0 Å². The number of isocyanates is 2. The third-order valence-electron chi connectivity index (χ3n) is 2.93. The highest BCUT2D eigenvalue weighted by Gasteiger charge is 2.24. The molecule has 0 amide bonds. The van der Waals surface area contributed by atoms with Crippen LogP contribution in [0.15, 0.2) is 34.3 Å². The SMILES string of the molecule is C.C.C.CC(C)(N=C=O)c1cccc(C(C)(C)N=C=O)c1.OO.OO.[B]. The molecule has 3 radical (unpaired) electrons. The summed E-state index contributed by atoms with van der Waals surface area (Å²) in [6, 6.07) is 7.51. The van der Waals surface area contributed by atoms with Gasteiger partial charge in [-0.05, 0) is 38.8 Å². The van der Waals surface area contributed by atoms with E-state index in [4.69, 9.17) is 21.0 Å². The third kappa shape index (κ3) is 12.3. The Morgan fingerprint density at radius 2 is 1.04 bits per heavy atom. The zero-order valence-electron chi connectivity index (χ0n) is 13.4. The molecular formula is C17H32BN2O6. The molecule has 0 bridgehead atoms. The maximum atomic E-state index is 10.4.